The molecule has 0 heterocycles. The first kappa shape index (κ1) is 12.7. The van der Waals surface area contributed by atoms with Gasteiger partial charge in [-0.25, -0.2) is 0 Å². The molecule has 0 unspecified atom stereocenters. The number of guanidine groups is 1. The number of hydrogen-bond acceptors (Lipinski definition) is 2. The van der Waals surface area contributed by atoms with Gasteiger partial charge in [0.1, 0.15) is 0 Å². The van der Waals surface area contributed by atoms with Crippen molar-refractivity contribution in [1.82, 2.24) is 5.32 Å². The van der Waals surface area contributed by atoms with E-state index < -0.39 is 0 Å². The number of rotatable bonds is 4. The van der Waals surface area contributed by atoms with Gasteiger partial charge in [0.2, 0.25) is 0 Å². The van der Waals surface area contributed by atoms with Gasteiger partial charge in [0.25, 0.3) is 0 Å². The summed E-state index contributed by atoms with van der Waals surface area (Å²) in [6.45, 7) is 1.15. The smallest absolute Gasteiger partial charge is 0.188 e. The minimum atomic E-state index is 0.329. The Kier molecular flexibility index (Phi) is 4.66. The average molecular weight is 239 g/mol. The van der Waals surface area contributed by atoms with Crippen molar-refractivity contribution in [2.45, 2.75) is 51.0 Å². The van der Waals surface area contributed by atoms with Gasteiger partial charge in [-0.1, -0.05) is 6.42 Å². The Morgan fingerprint density at radius 1 is 1.18 bits per heavy atom. The fraction of sp³-hybridized carbons (Fsp3) is 0.923. The lowest BCUT2D eigenvalue weighted by molar-refractivity contribution is 0.163. The minimum absolute atomic E-state index is 0.329. The Bertz CT molecular complexity index is 263. The minimum Gasteiger partial charge on any atom is -0.396 e. The molecule has 2 atom stereocenters. The molecule has 17 heavy (non-hydrogen) atoms. The number of aliphatic imine (C=N–C) groups is 1. The van der Waals surface area contributed by atoms with Gasteiger partial charge in [0.15, 0.2) is 5.96 Å². The van der Waals surface area contributed by atoms with Crippen molar-refractivity contribution in [2.24, 2.45) is 22.6 Å². The monoisotopic (exact) mass is 239 g/mol. The molecule has 0 saturated heterocycles. The molecule has 0 bridgehead atoms. The number of nitrogens with two attached hydrogens (primary N) is 1. The summed E-state index contributed by atoms with van der Waals surface area (Å²) in [5.41, 5.74) is 5.86. The molecular formula is C13H25N3O. The summed E-state index contributed by atoms with van der Waals surface area (Å²) < 4.78 is 0. The highest BCUT2D eigenvalue weighted by Gasteiger charge is 2.21. The fourth-order valence-electron chi connectivity index (χ4n) is 2.77. The summed E-state index contributed by atoms with van der Waals surface area (Å²) in [7, 11) is 0. The Labute approximate surface area is 104 Å². The van der Waals surface area contributed by atoms with Crippen molar-refractivity contribution >= 4 is 5.96 Å². The summed E-state index contributed by atoms with van der Waals surface area (Å²) in [5.74, 6) is 1.72. The number of aliphatic hydroxyl groups is 1. The maximum Gasteiger partial charge on any atom is 0.188 e. The largest absolute Gasteiger partial charge is 0.396 e. The molecule has 2 aliphatic rings. The summed E-state index contributed by atoms with van der Waals surface area (Å²) >= 11 is 0. The van der Waals surface area contributed by atoms with Crippen LogP contribution in [0.15, 0.2) is 4.99 Å². The molecule has 0 amide bonds. The van der Waals surface area contributed by atoms with Gasteiger partial charge in [-0.15, -0.1) is 0 Å². The van der Waals surface area contributed by atoms with Gasteiger partial charge in [0.05, 0.1) is 0 Å². The maximum absolute atomic E-state index is 9.17. The Hall–Kier alpha value is -0.770. The molecule has 4 heteroatoms. The normalized spacial score (nSPS) is 31.0. The SMILES string of the molecule is NC(=NC[C@H]1CCC[C@@H](CO)C1)NC1CCC1. The zero-order chi connectivity index (χ0) is 12.1. The molecule has 4 N–H and O–H groups in total. The molecule has 2 rings (SSSR count). The molecule has 0 spiro atoms. The standard InChI is InChI=1S/C13H25N3O/c14-13(16-12-5-2-6-12)15-8-10-3-1-4-11(7-10)9-17/h10-12,17H,1-9H2,(H3,14,15,16)/t10-,11+/m0/s1. The average Bonchev–Trinajstić information content (AvgIpc) is 2.31. The predicted octanol–water partition coefficient (Wildman–Crippen LogP) is 1.24. The van der Waals surface area contributed by atoms with Crippen molar-refractivity contribution in [1.29, 1.82) is 0 Å². The number of nitrogens with zero attached hydrogens (tertiary/aromatic N) is 1. The molecule has 2 saturated carbocycles. The zero-order valence-electron chi connectivity index (χ0n) is 10.6. The van der Waals surface area contributed by atoms with Crippen LogP contribution in [-0.2, 0) is 0 Å². The summed E-state index contributed by atoms with van der Waals surface area (Å²) in [6.07, 6.45) is 8.51. The van der Waals surface area contributed by atoms with Crippen LogP contribution in [-0.4, -0.2) is 30.3 Å². The third-order valence-corrected chi connectivity index (χ3v) is 4.13. The molecule has 0 aromatic heterocycles. The van der Waals surface area contributed by atoms with Crippen LogP contribution in [0.1, 0.15) is 44.9 Å². The second-order valence-electron chi connectivity index (χ2n) is 5.58. The quantitative estimate of drug-likeness (QED) is 0.510. The van der Waals surface area contributed by atoms with Crippen molar-refractivity contribution in [2.75, 3.05) is 13.2 Å². The van der Waals surface area contributed by atoms with Crippen LogP contribution in [0, 0.1) is 11.8 Å². The van der Waals surface area contributed by atoms with Gasteiger partial charge in [-0.05, 0) is 50.4 Å². The lowest BCUT2D eigenvalue weighted by Gasteiger charge is -2.28. The highest BCUT2D eigenvalue weighted by molar-refractivity contribution is 5.78. The second kappa shape index (κ2) is 6.24. The van der Waals surface area contributed by atoms with Crippen LogP contribution < -0.4 is 11.1 Å². The third kappa shape index (κ3) is 3.87. The second-order valence-corrected chi connectivity index (χ2v) is 5.58. The van der Waals surface area contributed by atoms with Crippen LogP contribution in [0.25, 0.3) is 0 Å². The van der Waals surface area contributed by atoms with E-state index in [4.69, 9.17) is 5.73 Å². The van der Waals surface area contributed by atoms with E-state index in [9.17, 15) is 5.11 Å². The van der Waals surface area contributed by atoms with Gasteiger partial charge in [-0.2, -0.15) is 0 Å². The van der Waals surface area contributed by atoms with E-state index in [1.54, 1.807) is 0 Å². The topological polar surface area (TPSA) is 70.6 Å². The molecule has 2 fully saturated rings. The molecule has 0 radical (unpaired) electrons. The van der Waals surface area contributed by atoms with E-state index in [-0.39, 0.29) is 0 Å². The van der Waals surface area contributed by atoms with Gasteiger partial charge in [0, 0.05) is 19.2 Å². The fourth-order valence-corrected chi connectivity index (χ4v) is 2.77. The maximum atomic E-state index is 9.17. The Balaban J connectivity index is 1.70. The highest BCUT2D eigenvalue weighted by Crippen LogP contribution is 2.28. The highest BCUT2D eigenvalue weighted by atomic mass is 16.3. The van der Waals surface area contributed by atoms with Crippen molar-refractivity contribution in [3.63, 3.8) is 0 Å². The van der Waals surface area contributed by atoms with E-state index in [0.717, 1.165) is 13.0 Å². The summed E-state index contributed by atoms with van der Waals surface area (Å²) in [5, 5.41) is 12.4. The van der Waals surface area contributed by atoms with Crippen LogP contribution in [0.5, 0.6) is 0 Å². The van der Waals surface area contributed by atoms with E-state index in [0.29, 0.717) is 30.4 Å². The first-order valence-corrected chi connectivity index (χ1v) is 6.95. The Morgan fingerprint density at radius 2 is 1.88 bits per heavy atom. The van der Waals surface area contributed by atoms with Crippen LogP contribution in [0.4, 0.5) is 0 Å². The summed E-state index contributed by atoms with van der Waals surface area (Å²) in [4.78, 5) is 4.44. The van der Waals surface area contributed by atoms with E-state index in [1.165, 1.54) is 38.5 Å². The molecule has 2 aliphatic carbocycles. The third-order valence-electron chi connectivity index (χ3n) is 4.13. The molecule has 98 valence electrons. The molecular weight excluding hydrogens is 214 g/mol. The lowest BCUT2D eigenvalue weighted by Crippen LogP contribution is -2.43. The summed E-state index contributed by atoms with van der Waals surface area (Å²) in [6, 6.07) is 0.565. The predicted molar refractivity (Wildman–Crippen MR) is 69.8 cm³/mol. The van der Waals surface area contributed by atoms with Gasteiger partial charge < -0.3 is 16.2 Å². The van der Waals surface area contributed by atoms with Crippen LogP contribution in [0.3, 0.4) is 0 Å². The first-order chi connectivity index (χ1) is 8.28. The van der Waals surface area contributed by atoms with E-state index >= 15 is 0 Å². The molecule has 0 aromatic rings. The van der Waals surface area contributed by atoms with Crippen molar-refractivity contribution in [3.05, 3.63) is 0 Å². The zero-order valence-corrected chi connectivity index (χ0v) is 10.6. The van der Waals surface area contributed by atoms with Gasteiger partial charge >= 0.3 is 0 Å². The van der Waals surface area contributed by atoms with Crippen LogP contribution in [0.2, 0.25) is 0 Å². The molecule has 0 aromatic carbocycles. The lowest BCUT2D eigenvalue weighted by atomic mass is 9.82. The molecule has 4 nitrogen and oxygen atoms in total. The van der Waals surface area contributed by atoms with E-state index in [2.05, 4.69) is 10.3 Å². The molecule has 0 aliphatic heterocycles. The Morgan fingerprint density at radius 3 is 2.53 bits per heavy atom. The van der Waals surface area contributed by atoms with E-state index in [1.807, 2.05) is 0 Å². The first-order valence-electron chi connectivity index (χ1n) is 6.95. The van der Waals surface area contributed by atoms with Crippen molar-refractivity contribution in [3.8, 4) is 0 Å². The number of nitrogens with one attached hydrogen (secondary N) is 1. The van der Waals surface area contributed by atoms with Crippen molar-refractivity contribution < 1.29 is 5.11 Å². The van der Waals surface area contributed by atoms with Gasteiger partial charge in [-0.3, -0.25) is 4.99 Å². The number of hydrogen-bond donors (Lipinski definition) is 3. The number of aliphatic hydroxyl groups excluding tert-OH is 1. The van der Waals surface area contributed by atoms with Crippen LogP contribution >= 0.6 is 0 Å².